The van der Waals surface area contributed by atoms with Crippen LogP contribution in [0.2, 0.25) is 0 Å². The van der Waals surface area contributed by atoms with Crippen molar-refractivity contribution in [3.8, 4) is 5.75 Å². The van der Waals surface area contributed by atoms with Gasteiger partial charge in [-0.1, -0.05) is 23.4 Å². The summed E-state index contributed by atoms with van der Waals surface area (Å²) >= 11 is 0. The molecule has 0 spiro atoms. The molecule has 0 saturated carbocycles. The van der Waals surface area contributed by atoms with Crippen LogP contribution in [0, 0.1) is 5.82 Å². The van der Waals surface area contributed by atoms with Crippen LogP contribution in [0.25, 0.3) is 10.9 Å². The Labute approximate surface area is 196 Å². The molecule has 4 aromatic rings. The molecule has 1 aliphatic heterocycles. The number of ether oxygens (including phenoxy) is 1. The van der Waals surface area contributed by atoms with Gasteiger partial charge >= 0.3 is 0 Å². The molecule has 0 atom stereocenters. The Morgan fingerprint density at radius 1 is 1.15 bits per heavy atom. The standard InChI is InChI=1S/C26H27FN4O3/c27-20-8-10-21(11-9-20)33-17-24-29-26(30-34-24)18-12-14-31(15-13-18)25(32)7-3-4-19-16-28-23-6-2-1-5-22(19)23/h1-2,5-6,8-11,16,18,28H,3-4,7,12-15,17H2. The highest BCUT2D eigenvalue weighted by Gasteiger charge is 2.27. The molecule has 0 bridgehead atoms. The largest absolute Gasteiger partial charge is 0.484 e. The molecule has 2 aromatic heterocycles. The molecule has 5 rings (SSSR count). The second-order valence-corrected chi connectivity index (χ2v) is 8.66. The maximum absolute atomic E-state index is 13.0. The number of aryl methyl sites for hydroxylation is 1. The van der Waals surface area contributed by atoms with E-state index in [1.165, 1.54) is 23.1 Å². The number of hydrogen-bond donors (Lipinski definition) is 1. The zero-order valence-corrected chi connectivity index (χ0v) is 18.9. The predicted octanol–water partition coefficient (Wildman–Crippen LogP) is 5.00. The maximum atomic E-state index is 13.0. The van der Waals surface area contributed by atoms with Gasteiger partial charge in [0.1, 0.15) is 11.6 Å². The number of nitrogens with zero attached hydrogens (tertiary/aromatic N) is 3. The van der Waals surface area contributed by atoms with E-state index < -0.39 is 0 Å². The number of nitrogens with one attached hydrogen (secondary N) is 1. The highest BCUT2D eigenvalue weighted by atomic mass is 19.1. The number of fused-ring (bicyclic) bond motifs is 1. The second-order valence-electron chi connectivity index (χ2n) is 8.66. The number of carbonyl (C=O) groups excluding carboxylic acids is 1. The van der Waals surface area contributed by atoms with Gasteiger partial charge in [0.2, 0.25) is 5.91 Å². The van der Waals surface area contributed by atoms with Gasteiger partial charge in [-0.05, 0) is 61.6 Å². The summed E-state index contributed by atoms with van der Waals surface area (Å²) in [6, 6.07) is 14.0. The van der Waals surface area contributed by atoms with Crippen molar-refractivity contribution in [3.05, 3.63) is 77.8 Å². The van der Waals surface area contributed by atoms with Crippen LogP contribution in [0.3, 0.4) is 0 Å². The van der Waals surface area contributed by atoms with Crippen LogP contribution in [-0.4, -0.2) is 39.0 Å². The normalized spacial score (nSPS) is 14.6. The number of benzene rings is 2. The number of carbonyl (C=O) groups is 1. The molecule has 0 unspecified atom stereocenters. The molecule has 7 nitrogen and oxygen atoms in total. The monoisotopic (exact) mass is 462 g/mol. The molecule has 3 heterocycles. The molecule has 0 radical (unpaired) electrons. The van der Waals surface area contributed by atoms with Crippen molar-refractivity contribution >= 4 is 16.8 Å². The lowest BCUT2D eigenvalue weighted by Crippen LogP contribution is -2.38. The van der Waals surface area contributed by atoms with Gasteiger partial charge in [0, 0.05) is 42.5 Å². The SMILES string of the molecule is O=C(CCCc1c[nH]c2ccccc12)N1CCC(c2noc(COc3ccc(F)cc3)n2)CC1. The molecule has 1 aliphatic rings. The minimum Gasteiger partial charge on any atom is -0.484 e. The minimum absolute atomic E-state index is 0.131. The lowest BCUT2D eigenvalue weighted by molar-refractivity contribution is -0.132. The van der Waals surface area contributed by atoms with E-state index in [0.29, 0.717) is 37.0 Å². The number of H-pyrrole nitrogens is 1. The molecule has 1 saturated heterocycles. The first-order valence-electron chi connectivity index (χ1n) is 11.7. The summed E-state index contributed by atoms with van der Waals surface area (Å²) in [4.78, 5) is 22.4. The number of para-hydroxylation sites is 1. The number of halogens is 1. The quantitative estimate of drug-likeness (QED) is 0.398. The molecule has 1 N–H and O–H groups in total. The Kier molecular flexibility index (Phi) is 6.56. The molecule has 1 amide bonds. The van der Waals surface area contributed by atoms with E-state index in [4.69, 9.17) is 9.26 Å². The number of aromatic amines is 1. The van der Waals surface area contributed by atoms with Crippen LogP contribution in [0.4, 0.5) is 4.39 Å². The molecular weight excluding hydrogens is 435 g/mol. The smallest absolute Gasteiger partial charge is 0.264 e. The number of likely N-dealkylation sites (tertiary alicyclic amines) is 1. The fourth-order valence-electron chi connectivity index (χ4n) is 4.48. The third kappa shape index (κ3) is 5.11. The van der Waals surface area contributed by atoms with Crippen LogP contribution in [0.1, 0.15) is 48.9 Å². The number of aromatic nitrogens is 3. The summed E-state index contributed by atoms with van der Waals surface area (Å²) in [5.41, 5.74) is 2.40. The van der Waals surface area contributed by atoms with Crippen LogP contribution >= 0.6 is 0 Å². The number of piperidine rings is 1. The summed E-state index contributed by atoms with van der Waals surface area (Å²) in [7, 11) is 0. The lowest BCUT2D eigenvalue weighted by Gasteiger charge is -2.30. The van der Waals surface area contributed by atoms with Crippen LogP contribution < -0.4 is 4.74 Å². The Morgan fingerprint density at radius 2 is 1.94 bits per heavy atom. The van der Waals surface area contributed by atoms with Crippen molar-refractivity contribution in [1.82, 2.24) is 20.0 Å². The highest BCUT2D eigenvalue weighted by Crippen LogP contribution is 2.27. The molecular formula is C26H27FN4O3. The van der Waals surface area contributed by atoms with Gasteiger partial charge in [-0.2, -0.15) is 4.98 Å². The first-order valence-corrected chi connectivity index (χ1v) is 11.7. The van der Waals surface area contributed by atoms with Gasteiger partial charge < -0.3 is 19.1 Å². The van der Waals surface area contributed by atoms with Crippen molar-refractivity contribution < 1.29 is 18.4 Å². The van der Waals surface area contributed by atoms with Crippen molar-refractivity contribution in [3.63, 3.8) is 0 Å². The van der Waals surface area contributed by atoms with E-state index in [1.807, 2.05) is 23.2 Å². The Hall–Kier alpha value is -3.68. The van der Waals surface area contributed by atoms with Crippen molar-refractivity contribution in [2.45, 2.75) is 44.6 Å². The van der Waals surface area contributed by atoms with Crippen molar-refractivity contribution in [1.29, 1.82) is 0 Å². The van der Waals surface area contributed by atoms with Crippen LogP contribution in [-0.2, 0) is 17.8 Å². The zero-order valence-electron chi connectivity index (χ0n) is 18.9. The highest BCUT2D eigenvalue weighted by molar-refractivity contribution is 5.83. The van der Waals surface area contributed by atoms with Gasteiger partial charge in [0.05, 0.1) is 0 Å². The van der Waals surface area contributed by atoms with Crippen LogP contribution in [0.5, 0.6) is 5.75 Å². The van der Waals surface area contributed by atoms with Gasteiger partial charge in [-0.25, -0.2) is 4.39 Å². The topological polar surface area (TPSA) is 84.2 Å². The van der Waals surface area contributed by atoms with E-state index in [0.717, 1.165) is 31.2 Å². The average Bonchev–Trinajstić information content (AvgIpc) is 3.51. The fourth-order valence-corrected chi connectivity index (χ4v) is 4.48. The second kappa shape index (κ2) is 10.1. The number of hydrogen-bond acceptors (Lipinski definition) is 5. The summed E-state index contributed by atoms with van der Waals surface area (Å²) in [6.45, 7) is 1.53. The summed E-state index contributed by atoms with van der Waals surface area (Å²) in [5.74, 6) is 1.64. The summed E-state index contributed by atoms with van der Waals surface area (Å²) < 4.78 is 23.9. The Morgan fingerprint density at radius 3 is 2.76 bits per heavy atom. The third-order valence-corrected chi connectivity index (χ3v) is 6.38. The van der Waals surface area contributed by atoms with E-state index in [1.54, 1.807) is 12.1 Å². The van der Waals surface area contributed by atoms with Gasteiger partial charge in [-0.15, -0.1) is 0 Å². The first kappa shape index (κ1) is 22.1. The lowest BCUT2D eigenvalue weighted by atomic mass is 9.95. The average molecular weight is 463 g/mol. The molecule has 1 fully saturated rings. The van der Waals surface area contributed by atoms with E-state index in [9.17, 15) is 9.18 Å². The van der Waals surface area contributed by atoms with Crippen molar-refractivity contribution in [2.24, 2.45) is 0 Å². The van der Waals surface area contributed by atoms with Crippen LogP contribution in [0.15, 0.2) is 59.3 Å². The zero-order chi connectivity index (χ0) is 23.3. The van der Waals surface area contributed by atoms with Gasteiger partial charge in [-0.3, -0.25) is 4.79 Å². The molecule has 34 heavy (non-hydrogen) atoms. The first-order chi connectivity index (χ1) is 16.7. The number of rotatable bonds is 8. The predicted molar refractivity (Wildman–Crippen MR) is 125 cm³/mol. The Balaban J connectivity index is 1.06. The third-order valence-electron chi connectivity index (χ3n) is 6.38. The Bertz CT molecular complexity index is 1240. The number of amides is 1. The fraction of sp³-hybridized carbons (Fsp3) is 0.346. The maximum Gasteiger partial charge on any atom is 0.264 e. The van der Waals surface area contributed by atoms with E-state index in [2.05, 4.69) is 27.3 Å². The van der Waals surface area contributed by atoms with E-state index in [-0.39, 0.29) is 24.2 Å². The van der Waals surface area contributed by atoms with Gasteiger partial charge in [0.15, 0.2) is 12.4 Å². The van der Waals surface area contributed by atoms with E-state index >= 15 is 0 Å². The molecule has 2 aromatic carbocycles. The summed E-state index contributed by atoms with van der Waals surface area (Å²) in [6.07, 6.45) is 5.94. The summed E-state index contributed by atoms with van der Waals surface area (Å²) in [5, 5.41) is 5.34. The molecule has 0 aliphatic carbocycles. The van der Waals surface area contributed by atoms with Gasteiger partial charge in [0.25, 0.3) is 5.89 Å². The van der Waals surface area contributed by atoms with Crippen molar-refractivity contribution in [2.75, 3.05) is 13.1 Å². The minimum atomic E-state index is -0.313. The molecule has 8 heteroatoms. The molecule has 176 valence electrons.